The molecule has 0 aliphatic carbocycles. The molecule has 0 aromatic heterocycles. The van der Waals surface area contributed by atoms with E-state index in [1.54, 1.807) is 0 Å². The highest BCUT2D eigenvalue weighted by molar-refractivity contribution is 7.87. The van der Waals surface area contributed by atoms with Crippen molar-refractivity contribution in [2.75, 3.05) is 20.7 Å². The molecule has 0 saturated heterocycles. The molecule has 0 radical (unpaired) electrons. The summed E-state index contributed by atoms with van der Waals surface area (Å²) in [6.07, 6.45) is 4.09. The Labute approximate surface area is 116 Å². The van der Waals surface area contributed by atoms with Gasteiger partial charge in [-0.1, -0.05) is 26.2 Å². The highest BCUT2D eigenvalue weighted by atomic mass is 32.2. The summed E-state index contributed by atoms with van der Waals surface area (Å²) in [4.78, 5) is 11.0. The zero-order valence-electron chi connectivity index (χ0n) is 12.3. The van der Waals surface area contributed by atoms with Crippen LogP contribution in [0.15, 0.2) is 0 Å². The van der Waals surface area contributed by atoms with Gasteiger partial charge in [-0.15, -0.1) is 0 Å². The van der Waals surface area contributed by atoms with Gasteiger partial charge in [0.15, 0.2) is 0 Å². The number of carbonyl (C=O) groups is 1. The summed E-state index contributed by atoms with van der Waals surface area (Å²) < 4.78 is 32.1. The fourth-order valence-corrected chi connectivity index (χ4v) is 2.71. The molecule has 0 spiro atoms. The normalized spacial score (nSPS) is 13.5. The third-order valence-electron chi connectivity index (χ3n) is 2.86. The molecule has 0 saturated carbocycles. The Morgan fingerprint density at radius 1 is 1.37 bits per heavy atom. The molecular formula is C12H26N2O4S. The lowest BCUT2D eigenvalue weighted by molar-refractivity contribution is -0.140. The van der Waals surface area contributed by atoms with Gasteiger partial charge in [0.25, 0.3) is 10.2 Å². The van der Waals surface area contributed by atoms with Crippen molar-refractivity contribution in [2.45, 2.75) is 52.0 Å². The molecule has 0 rings (SSSR count). The van der Waals surface area contributed by atoms with Crippen LogP contribution in [0.4, 0.5) is 0 Å². The van der Waals surface area contributed by atoms with Crippen LogP contribution in [0.25, 0.3) is 0 Å². The summed E-state index contributed by atoms with van der Waals surface area (Å²) in [5, 5.41) is 0. The van der Waals surface area contributed by atoms with E-state index in [4.69, 9.17) is 0 Å². The Bertz CT molecular complexity index is 357. The number of hydrogen-bond donors (Lipinski definition) is 1. The minimum atomic E-state index is -3.52. The number of nitrogens with zero attached hydrogens (tertiary/aromatic N) is 1. The summed E-state index contributed by atoms with van der Waals surface area (Å²) >= 11 is 0. The number of unbranched alkanes of at least 4 members (excludes halogenated alkanes) is 2. The molecule has 114 valence electrons. The van der Waals surface area contributed by atoms with Gasteiger partial charge in [0.05, 0.1) is 13.5 Å². The summed E-state index contributed by atoms with van der Waals surface area (Å²) in [7, 11) is -0.794. The summed E-state index contributed by atoms with van der Waals surface area (Å²) in [5.41, 5.74) is 0. The van der Waals surface area contributed by atoms with Gasteiger partial charge in [-0.2, -0.15) is 17.4 Å². The maximum absolute atomic E-state index is 11.9. The molecular weight excluding hydrogens is 268 g/mol. The fourth-order valence-electron chi connectivity index (χ4n) is 1.57. The van der Waals surface area contributed by atoms with Crippen LogP contribution < -0.4 is 4.72 Å². The van der Waals surface area contributed by atoms with Crippen molar-refractivity contribution in [3.63, 3.8) is 0 Å². The quantitative estimate of drug-likeness (QED) is 0.486. The number of rotatable bonds is 10. The molecule has 0 fully saturated rings. The van der Waals surface area contributed by atoms with Crippen LogP contribution in [0.5, 0.6) is 0 Å². The second kappa shape index (κ2) is 9.28. The van der Waals surface area contributed by atoms with Crippen LogP contribution in [0.1, 0.15) is 46.0 Å². The lowest BCUT2D eigenvalue weighted by Gasteiger charge is -2.20. The number of nitrogens with one attached hydrogen (secondary N) is 1. The predicted octanol–water partition coefficient (Wildman–Crippen LogP) is 1.28. The Morgan fingerprint density at radius 2 is 2.00 bits per heavy atom. The summed E-state index contributed by atoms with van der Waals surface area (Å²) in [6, 6.07) is -0.0999. The fraction of sp³-hybridized carbons (Fsp3) is 0.917. The SMILES string of the molecule is CCCCCC(C)NS(=O)(=O)N(C)CCC(=O)OC. The van der Waals surface area contributed by atoms with Crippen molar-refractivity contribution < 1.29 is 17.9 Å². The topological polar surface area (TPSA) is 75.7 Å². The minimum Gasteiger partial charge on any atom is -0.469 e. The van der Waals surface area contributed by atoms with Crippen molar-refractivity contribution in [3.8, 4) is 0 Å². The van der Waals surface area contributed by atoms with Gasteiger partial charge >= 0.3 is 5.97 Å². The zero-order chi connectivity index (χ0) is 14.9. The van der Waals surface area contributed by atoms with Gasteiger partial charge in [0, 0.05) is 19.6 Å². The highest BCUT2D eigenvalue weighted by Gasteiger charge is 2.20. The first-order valence-electron chi connectivity index (χ1n) is 6.63. The Kier molecular flexibility index (Phi) is 8.95. The van der Waals surface area contributed by atoms with E-state index in [1.165, 1.54) is 14.2 Å². The average molecular weight is 294 g/mol. The number of methoxy groups -OCH3 is 1. The second-order valence-electron chi connectivity index (χ2n) is 4.67. The molecule has 1 N–H and O–H groups in total. The van der Waals surface area contributed by atoms with Gasteiger partial charge in [0.1, 0.15) is 0 Å². The van der Waals surface area contributed by atoms with Crippen molar-refractivity contribution in [2.24, 2.45) is 0 Å². The first-order chi connectivity index (χ1) is 8.83. The number of hydrogen-bond acceptors (Lipinski definition) is 4. The minimum absolute atomic E-state index is 0.0537. The van der Waals surface area contributed by atoms with Crippen LogP contribution in [0, 0.1) is 0 Å². The van der Waals surface area contributed by atoms with Gasteiger partial charge in [-0.3, -0.25) is 4.79 Å². The first-order valence-corrected chi connectivity index (χ1v) is 8.07. The standard InChI is InChI=1S/C12H26N2O4S/c1-5-6-7-8-11(2)13-19(16,17)14(3)10-9-12(15)18-4/h11,13H,5-10H2,1-4H3. The van der Waals surface area contributed by atoms with Crippen LogP contribution in [0.2, 0.25) is 0 Å². The molecule has 19 heavy (non-hydrogen) atoms. The van der Waals surface area contributed by atoms with Crippen molar-refractivity contribution in [1.29, 1.82) is 0 Å². The third kappa shape index (κ3) is 8.18. The van der Waals surface area contributed by atoms with Gasteiger partial charge in [0.2, 0.25) is 0 Å². The Balaban J connectivity index is 4.17. The predicted molar refractivity (Wildman–Crippen MR) is 74.9 cm³/mol. The molecule has 0 heterocycles. The first kappa shape index (κ1) is 18.3. The van der Waals surface area contributed by atoms with Crippen LogP contribution >= 0.6 is 0 Å². The van der Waals surface area contributed by atoms with E-state index in [1.807, 2.05) is 6.92 Å². The molecule has 6 nitrogen and oxygen atoms in total. The van der Waals surface area contributed by atoms with Crippen LogP contribution in [-0.2, 0) is 19.7 Å². The molecule has 1 unspecified atom stereocenters. The molecule has 1 atom stereocenters. The maximum Gasteiger partial charge on any atom is 0.306 e. The number of ether oxygens (including phenoxy) is 1. The molecule has 0 bridgehead atoms. The van der Waals surface area contributed by atoms with E-state index in [0.29, 0.717) is 0 Å². The third-order valence-corrected chi connectivity index (χ3v) is 4.56. The Morgan fingerprint density at radius 3 is 2.53 bits per heavy atom. The largest absolute Gasteiger partial charge is 0.469 e. The zero-order valence-corrected chi connectivity index (χ0v) is 13.1. The number of esters is 1. The number of carbonyl (C=O) groups excluding carboxylic acids is 1. The Hall–Kier alpha value is -0.660. The monoisotopic (exact) mass is 294 g/mol. The average Bonchev–Trinajstić information content (AvgIpc) is 2.35. The molecule has 0 amide bonds. The lowest BCUT2D eigenvalue weighted by atomic mass is 10.1. The summed E-state index contributed by atoms with van der Waals surface area (Å²) in [6.45, 7) is 4.07. The smallest absolute Gasteiger partial charge is 0.306 e. The van der Waals surface area contributed by atoms with E-state index < -0.39 is 16.2 Å². The second-order valence-corrected chi connectivity index (χ2v) is 6.48. The summed E-state index contributed by atoms with van der Waals surface area (Å²) in [5.74, 6) is -0.418. The maximum atomic E-state index is 11.9. The van der Waals surface area contributed by atoms with E-state index in [-0.39, 0.29) is 19.0 Å². The van der Waals surface area contributed by atoms with Gasteiger partial charge in [-0.05, 0) is 13.3 Å². The molecule has 7 heteroatoms. The van der Waals surface area contributed by atoms with Crippen molar-refractivity contribution in [3.05, 3.63) is 0 Å². The van der Waals surface area contributed by atoms with E-state index >= 15 is 0 Å². The molecule has 0 aliphatic rings. The van der Waals surface area contributed by atoms with E-state index in [9.17, 15) is 13.2 Å². The molecule has 0 aromatic rings. The van der Waals surface area contributed by atoms with Gasteiger partial charge < -0.3 is 4.74 Å². The van der Waals surface area contributed by atoms with Crippen molar-refractivity contribution >= 4 is 16.2 Å². The van der Waals surface area contributed by atoms with Crippen LogP contribution in [0.3, 0.4) is 0 Å². The lowest BCUT2D eigenvalue weighted by Crippen LogP contribution is -2.43. The molecule has 0 aliphatic heterocycles. The van der Waals surface area contributed by atoms with E-state index in [2.05, 4.69) is 16.4 Å². The van der Waals surface area contributed by atoms with Crippen molar-refractivity contribution in [1.82, 2.24) is 9.03 Å². The highest BCUT2D eigenvalue weighted by Crippen LogP contribution is 2.05. The van der Waals surface area contributed by atoms with Crippen LogP contribution in [-0.4, -0.2) is 45.4 Å². The molecule has 0 aromatic carbocycles. The van der Waals surface area contributed by atoms with Gasteiger partial charge in [-0.25, -0.2) is 0 Å². The van der Waals surface area contributed by atoms with E-state index in [0.717, 1.165) is 30.0 Å².